The number of nitrogens with zero attached hydrogens (tertiary/aromatic N) is 1. The van der Waals surface area contributed by atoms with Gasteiger partial charge in [-0.3, -0.25) is 4.72 Å². The Morgan fingerprint density at radius 3 is 3.00 bits per heavy atom. The highest BCUT2D eigenvalue weighted by Crippen LogP contribution is 2.22. The molecule has 102 valence electrons. The van der Waals surface area contributed by atoms with Crippen LogP contribution in [0.2, 0.25) is 0 Å². The molecule has 18 heavy (non-hydrogen) atoms. The zero-order valence-corrected chi connectivity index (χ0v) is 12.1. The van der Waals surface area contributed by atoms with E-state index in [4.69, 9.17) is 0 Å². The molecule has 1 atom stereocenters. The third-order valence-electron chi connectivity index (χ3n) is 3.09. The van der Waals surface area contributed by atoms with Crippen molar-refractivity contribution < 1.29 is 8.42 Å². The van der Waals surface area contributed by atoms with E-state index in [2.05, 4.69) is 10.0 Å². The number of piperidine rings is 1. The molecule has 2 heterocycles. The van der Waals surface area contributed by atoms with Gasteiger partial charge in [-0.25, -0.2) is 0 Å². The van der Waals surface area contributed by atoms with Crippen molar-refractivity contribution in [3.8, 4) is 0 Å². The number of nitrogens with one attached hydrogen (secondary N) is 2. The van der Waals surface area contributed by atoms with Crippen LogP contribution in [0.4, 0.5) is 5.69 Å². The largest absolute Gasteiger partial charge is 0.318 e. The Kier molecular flexibility index (Phi) is 4.60. The summed E-state index contributed by atoms with van der Waals surface area (Å²) in [6.45, 7) is 1.30. The van der Waals surface area contributed by atoms with Crippen LogP contribution in [-0.4, -0.2) is 38.9 Å². The molecule has 1 aliphatic heterocycles. The van der Waals surface area contributed by atoms with Gasteiger partial charge in [0.25, 0.3) is 0 Å². The summed E-state index contributed by atoms with van der Waals surface area (Å²) in [4.78, 5) is 0. The molecule has 0 radical (unpaired) electrons. The fraction of sp³-hybridized carbons (Fsp3) is 0.636. The van der Waals surface area contributed by atoms with Gasteiger partial charge in [0.05, 0.1) is 5.69 Å². The van der Waals surface area contributed by atoms with Gasteiger partial charge in [-0.15, -0.1) is 0 Å². The summed E-state index contributed by atoms with van der Waals surface area (Å²) in [6, 6.07) is 1.83. The van der Waals surface area contributed by atoms with E-state index in [1.54, 1.807) is 15.8 Å². The van der Waals surface area contributed by atoms with Crippen molar-refractivity contribution in [3.63, 3.8) is 0 Å². The van der Waals surface area contributed by atoms with Crippen molar-refractivity contribution in [2.45, 2.75) is 25.3 Å². The Morgan fingerprint density at radius 1 is 1.50 bits per heavy atom. The first-order valence-corrected chi connectivity index (χ1v) is 8.48. The lowest BCUT2D eigenvalue weighted by Gasteiger charge is -2.34. The molecule has 1 saturated heterocycles. The number of hydrogen-bond acceptors (Lipinski definition) is 4. The first-order valence-electron chi connectivity index (χ1n) is 6.10. The maximum atomic E-state index is 12.3. The number of hydrogen-bond donors (Lipinski definition) is 2. The molecule has 1 aliphatic rings. The standard InChI is InChI=1S/C11H19N3O2S2/c1-12-8-11-4-2-3-6-14(11)18(15,16)13-10-5-7-17-9-10/h5,7,9,11-13H,2-4,6,8H2,1H3. The van der Waals surface area contributed by atoms with Gasteiger partial charge in [0.2, 0.25) is 0 Å². The summed E-state index contributed by atoms with van der Waals surface area (Å²) in [5, 5.41) is 6.73. The molecule has 7 heteroatoms. The summed E-state index contributed by atoms with van der Waals surface area (Å²) in [5.41, 5.74) is 0.647. The highest BCUT2D eigenvalue weighted by atomic mass is 32.2. The maximum absolute atomic E-state index is 12.3. The molecule has 0 aliphatic carbocycles. The minimum atomic E-state index is -3.43. The predicted molar refractivity (Wildman–Crippen MR) is 75.1 cm³/mol. The summed E-state index contributed by atoms with van der Waals surface area (Å²) in [6.07, 6.45) is 2.95. The van der Waals surface area contributed by atoms with E-state index in [1.165, 1.54) is 11.3 Å². The summed E-state index contributed by atoms with van der Waals surface area (Å²) < 4.78 is 28.9. The summed E-state index contributed by atoms with van der Waals surface area (Å²) in [5.74, 6) is 0. The van der Waals surface area contributed by atoms with Gasteiger partial charge in [0, 0.05) is 24.5 Å². The minimum absolute atomic E-state index is 0.0554. The van der Waals surface area contributed by atoms with Crippen molar-refractivity contribution in [2.75, 3.05) is 24.9 Å². The van der Waals surface area contributed by atoms with Crippen LogP contribution in [-0.2, 0) is 10.2 Å². The van der Waals surface area contributed by atoms with Gasteiger partial charge in [-0.1, -0.05) is 6.42 Å². The first-order chi connectivity index (χ1) is 8.63. The monoisotopic (exact) mass is 289 g/mol. The lowest BCUT2D eigenvalue weighted by molar-refractivity contribution is 0.250. The number of anilines is 1. The second-order valence-electron chi connectivity index (χ2n) is 4.44. The van der Waals surface area contributed by atoms with Crippen LogP contribution < -0.4 is 10.0 Å². The molecule has 1 aromatic rings. The molecule has 0 aromatic carbocycles. The van der Waals surface area contributed by atoms with Crippen LogP contribution in [0.1, 0.15) is 19.3 Å². The van der Waals surface area contributed by atoms with Gasteiger partial charge in [0.1, 0.15) is 0 Å². The van der Waals surface area contributed by atoms with E-state index in [9.17, 15) is 8.42 Å². The number of likely N-dealkylation sites (N-methyl/N-ethyl adjacent to an activating group) is 1. The molecule has 5 nitrogen and oxygen atoms in total. The van der Waals surface area contributed by atoms with Crippen LogP contribution in [0.5, 0.6) is 0 Å². The average molecular weight is 289 g/mol. The maximum Gasteiger partial charge on any atom is 0.301 e. The molecule has 0 saturated carbocycles. The molecule has 1 aromatic heterocycles. The van der Waals surface area contributed by atoms with Crippen LogP contribution in [0.3, 0.4) is 0 Å². The van der Waals surface area contributed by atoms with Gasteiger partial charge in [-0.2, -0.15) is 24.1 Å². The van der Waals surface area contributed by atoms with Crippen molar-refractivity contribution >= 4 is 27.2 Å². The van der Waals surface area contributed by atoms with E-state index in [-0.39, 0.29) is 6.04 Å². The quantitative estimate of drug-likeness (QED) is 0.863. The fourth-order valence-corrected chi connectivity index (χ4v) is 4.41. The Bertz CT molecular complexity index is 457. The number of rotatable bonds is 5. The van der Waals surface area contributed by atoms with Gasteiger partial charge >= 0.3 is 10.2 Å². The van der Waals surface area contributed by atoms with Crippen LogP contribution in [0.15, 0.2) is 16.8 Å². The van der Waals surface area contributed by atoms with Gasteiger partial charge in [-0.05, 0) is 31.3 Å². The van der Waals surface area contributed by atoms with Crippen molar-refractivity contribution in [1.82, 2.24) is 9.62 Å². The van der Waals surface area contributed by atoms with Gasteiger partial charge < -0.3 is 5.32 Å². The second-order valence-corrected chi connectivity index (χ2v) is 6.84. The highest BCUT2D eigenvalue weighted by molar-refractivity contribution is 7.90. The Hall–Kier alpha value is -0.630. The zero-order chi connectivity index (χ0) is 13.0. The van der Waals surface area contributed by atoms with Crippen molar-refractivity contribution in [1.29, 1.82) is 0 Å². The van der Waals surface area contributed by atoms with E-state index >= 15 is 0 Å². The smallest absolute Gasteiger partial charge is 0.301 e. The Morgan fingerprint density at radius 2 is 2.33 bits per heavy atom. The molecule has 0 spiro atoms. The third-order valence-corrected chi connectivity index (χ3v) is 5.36. The molecule has 2 N–H and O–H groups in total. The second kappa shape index (κ2) is 6.01. The average Bonchev–Trinajstić information content (AvgIpc) is 2.82. The molecular formula is C11H19N3O2S2. The minimum Gasteiger partial charge on any atom is -0.318 e. The fourth-order valence-electron chi connectivity index (χ4n) is 2.26. The van der Waals surface area contributed by atoms with Crippen molar-refractivity contribution in [3.05, 3.63) is 16.8 Å². The van der Waals surface area contributed by atoms with Crippen LogP contribution in [0.25, 0.3) is 0 Å². The van der Waals surface area contributed by atoms with Gasteiger partial charge in [0.15, 0.2) is 0 Å². The SMILES string of the molecule is CNCC1CCCCN1S(=O)(=O)Nc1ccsc1. The molecule has 2 rings (SSSR count). The molecule has 0 amide bonds. The predicted octanol–water partition coefficient (Wildman–Crippen LogP) is 1.48. The molecule has 0 bridgehead atoms. The molecule has 1 fully saturated rings. The summed E-state index contributed by atoms with van der Waals surface area (Å²) >= 11 is 1.48. The summed E-state index contributed by atoms with van der Waals surface area (Å²) in [7, 11) is -1.57. The van der Waals surface area contributed by atoms with E-state index < -0.39 is 10.2 Å². The normalized spacial score (nSPS) is 21.9. The van der Waals surface area contributed by atoms with E-state index in [0.717, 1.165) is 19.3 Å². The topological polar surface area (TPSA) is 61.4 Å². The Labute approximate surface area is 112 Å². The number of thiophene rings is 1. The third kappa shape index (κ3) is 3.23. The first kappa shape index (κ1) is 13.8. The van der Waals surface area contributed by atoms with E-state index in [0.29, 0.717) is 18.8 Å². The lowest BCUT2D eigenvalue weighted by Crippen LogP contribution is -2.49. The van der Waals surface area contributed by atoms with Crippen molar-refractivity contribution in [2.24, 2.45) is 0 Å². The molecular weight excluding hydrogens is 270 g/mol. The Balaban J connectivity index is 2.11. The van der Waals surface area contributed by atoms with Crippen LogP contribution >= 0.6 is 11.3 Å². The van der Waals surface area contributed by atoms with E-state index in [1.807, 2.05) is 12.4 Å². The highest BCUT2D eigenvalue weighted by Gasteiger charge is 2.31. The molecule has 1 unspecified atom stereocenters. The van der Waals surface area contributed by atoms with Crippen LogP contribution in [0, 0.1) is 0 Å². The lowest BCUT2D eigenvalue weighted by atomic mass is 10.1. The zero-order valence-electron chi connectivity index (χ0n) is 10.4.